The molecule has 0 saturated carbocycles. The molecule has 27 heavy (non-hydrogen) atoms. The smallest absolute Gasteiger partial charge is 0.260 e. The summed E-state index contributed by atoms with van der Waals surface area (Å²) in [6, 6.07) is 5.98. The van der Waals surface area contributed by atoms with E-state index in [9.17, 15) is 9.59 Å². The number of rotatable bonds is 5. The second-order valence-corrected chi connectivity index (χ2v) is 7.67. The van der Waals surface area contributed by atoms with Crippen molar-refractivity contribution in [2.45, 2.75) is 45.6 Å². The van der Waals surface area contributed by atoms with E-state index in [0.29, 0.717) is 38.7 Å². The van der Waals surface area contributed by atoms with Crippen LogP contribution in [0.15, 0.2) is 18.2 Å². The van der Waals surface area contributed by atoms with Gasteiger partial charge in [0.2, 0.25) is 0 Å². The molecule has 1 aromatic carbocycles. The third kappa shape index (κ3) is 4.80. The molecule has 148 valence electrons. The Bertz CT molecular complexity index is 675. The zero-order valence-electron chi connectivity index (χ0n) is 16.6. The first kappa shape index (κ1) is 19.7. The molecule has 3 rings (SSSR count). The van der Waals surface area contributed by atoms with Crippen LogP contribution in [0.25, 0.3) is 0 Å². The van der Waals surface area contributed by atoms with Gasteiger partial charge < -0.3 is 19.3 Å². The molecule has 1 unspecified atom stereocenters. The van der Waals surface area contributed by atoms with Crippen LogP contribution in [0.3, 0.4) is 0 Å². The molecule has 2 fully saturated rings. The van der Waals surface area contributed by atoms with Crippen molar-refractivity contribution in [3.63, 3.8) is 0 Å². The Morgan fingerprint density at radius 3 is 2.48 bits per heavy atom. The highest BCUT2D eigenvalue weighted by atomic mass is 16.5. The quantitative estimate of drug-likeness (QED) is 0.794. The van der Waals surface area contributed by atoms with Gasteiger partial charge in [0.05, 0.1) is 0 Å². The van der Waals surface area contributed by atoms with Gasteiger partial charge in [-0.2, -0.15) is 0 Å². The second-order valence-electron chi connectivity index (χ2n) is 7.67. The van der Waals surface area contributed by atoms with Crippen LogP contribution >= 0.6 is 0 Å². The number of aryl methyl sites for hydroxylation is 1. The van der Waals surface area contributed by atoms with E-state index < -0.39 is 0 Å². The molecule has 0 spiro atoms. The Morgan fingerprint density at radius 2 is 1.89 bits per heavy atom. The number of nitrogens with zero attached hydrogens (tertiary/aromatic N) is 2. The van der Waals surface area contributed by atoms with Crippen molar-refractivity contribution in [1.29, 1.82) is 0 Å². The van der Waals surface area contributed by atoms with Gasteiger partial charge in [-0.05, 0) is 48.9 Å². The van der Waals surface area contributed by atoms with Crippen LogP contribution in [0.4, 0.5) is 0 Å². The highest BCUT2D eigenvalue weighted by molar-refractivity contribution is 5.82. The van der Waals surface area contributed by atoms with Gasteiger partial charge in [-0.1, -0.05) is 19.9 Å². The molecule has 2 aliphatic rings. The number of piperazine rings is 1. The summed E-state index contributed by atoms with van der Waals surface area (Å²) in [5.41, 5.74) is 2.47. The Morgan fingerprint density at radius 1 is 1.19 bits per heavy atom. The molecule has 0 radical (unpaired) electrons. The first-order valence-electron chi connectivity index (χ1n) is 9.87. The highest BCUT2D eigenvalue weighted by Crippen LogP contribution is 2.23. The summed E-state index contributed by atoms with van der Waals surface area (Å²) >= 11 is 0. The van der Waals surface area contributed by atoms with Crippen LogP contribution in [0.2, 0.25) is 0 Å². The lowest BCUT2D eigenvalue weighted by atomic mass is 9.98. The number of ether oxygens (including phenoxy) is 2. The minimum Gasteiger partial charge on any atom is -0.484 e. The standard InChI is InChI=1S/C21H30N2O4/c1-15(2)18-7-6-17(13-16(18)3)27-14-20(24)22-8-10-23(11-9-22)21(25)19-5-4-12-26-19/h6-7,13,15,19H,4-5,8-12,14H2,1-3H3. The maximum atomic E-state index is 12.4. The monoisotopic (exact) mass is 374 g/mol. The van der Waals surface area contributed by atoms with Crippen LogP contribution in [0.1, 0.15) is 43.7 Å². The summed E-state index contributed by atoms with van der Waals surface area (Å²) in [7, 11) is 0. The van der Waals surface area contributed by atoms with Crippen LogP contribution in [0.5, 0.6) is 5.75 Å². The Balaban J connectivity index is 1.45. The fourth-order valence-electron chi connectivity index (χ4n) is 3.77. The van der Waals surface area contributed by atoms with Crippen molar-refractivity contribution >= 4 is 11.8 Å². The first-order valence-corrected chi connectivity index (χ1v) is 9.87. The van der Waals surface area contributed by atoms with E-state index in [-0.39, 0.29) is 24.5 Å². The van der Waals surface area contributed by atoms with Gasteiger partial charge in [0.1, 0.15) is 11.9 Å². The molecule has 0 aliphatic carbocycles. The molecule has 1 aromatic rings. The number of benzene rings is 1. The Labute approximate surface area is 161 Å². The van der Waals surface area contributed by atoms with Crippen LogP contribution in [0, 0.1) is 6.92 Å². The van der Waals surface area contributed by atoms with Crippen molar-refractivity contribution in [2.75, 3.05) is 39.4 Å². The van der Waals surface area contributed by atoms with Crippen molar-refractivity contribution in [3.8, 4) is 5.75 Å². The lowest BCUT2D eigenvalue weighted by molar-refractivity contribution is -0.146. The molecule has 2 amide bonds. The van der Waals surface area contributed by atoms with Gasteiger partial charge >= 0.3 is 0 Å². The zero-order valence-corrected chi connectivity index (χ0v) is 16.6. The van der Waals surface area contributed by atoms with E-state index in [2.05, 4.69) is 26.8 Å². The highest BCUT2D eigenvalue weighted by Gasteiger charge is 2.31. The third-order valence-corrected chi connectivity index (χ3v) is 5.37. The van der Waals surface area contributed by atoms with Gasteiger partial charge in [0, 0.05) is 32.8 Å². The predicted octanol–water partition coefficient (Wildman–Crippen LogP) is 2.35. The zero-order chi connectivity index (χ0) is 19.4. The van der Waals surface area contributed by atoms with E-state index in [0.717, 1.165) is 18.6 Å². The van der Waals surface area contributed by atoms with Gasteiger partial charge in [-0.3, -0.25) is 9.59 Å². The minimum atomic E-state index is -0.285. The molecule has 2 heterocycles. The third-order valence-electron chi connectivity index (χ3n) is 5.37. The lowest BCUT2D eigenvalue weighted by Gasteiger charge is -2.35. The molecule has 0 aromatic heterocycles. The van der Waals surface area contributed by atoms with E-state index in [1.165, 1.54) is 11.1 Å². The van der Waals surface area contributed by atoms with E-state index >= 15 is 0 Å². The maximum Gasteiger partial charge on any atom is 0.260 e. The van der Waals surface area contributed by atoms with Gasteiger partial charge in [-0.15, -0.1) is 0 Å². The first-order chi connectivity index (χ1) is 13.0. The average Bonchev–Trinajstić information content (AvgIpc) is 3.20. The van der Waals surface area contributed by atoms with E-state index in [1.54, 1.807) is 4.90 Å². The second kappa shape index (κ2) is 8.74. The fraction of sp³-hybridized carbons (Fsp3) is 0.619. The largest absolute Gasteiger partial charge is 0.484 e. The van der Waals surface area contributed by atoms with Crippen molar-refractivity contribution in [1.82, 2.24) is 9.80 Å². The molecule has 2 saturated heterocycles. The van der Waals surface area contributed by atoms with Gasteiger partial charge in [-0.25, -0.2) is 0 Å². The number of hydrogen-bond acceptors (Lipinski definition) is 4. The maximum absolute atomic E-state index is 12.4. The molecule has 1 atom stereocenters. The van der Waals surface area contributed by atoms with E-state index in [4.69, 9.17) is 9.47 Å². The number of carbonyl (C=O) groups excluding carboxylic acids is 2. The summed E-state index contributed by atoms with van der Waals surface area (Å²) in [6.45, 7) is 9.31. The van der Waals surface area contributed by atoms with E-state index in [1.807, 2.05) is 17.0 Å². The molecule has 0 N–H and O–H groups in total. The SMILES string of the molecule is Cc1cc(OCC(=O)N2CCN(C(=O)C3CCCO3)CC2)ccc1C(C)C. The summed E-state index contributed by atoms with van der Waals surface area (Å²) in [4.78, 5) is 28.4. The topological polar surface area (TPSA) is 59.1 Å². The van der Waals surface area contributed by atoms with Crippen LogP contribution in [-0.4, -0.2) is 67.1 Å². The van der Waals surface area contributed by atoms with Crippen LogP contribution < -0.4 is 4.74 Å². The molecule has 6 nitrogen and oxygen atoms in total. The molecular weight excluding hydrogens is 344 g/mol. The Kier molecular flexibility index (Phi) is 6.37. The van der Waals surface area contributed by atoms with Crippen LogP contribution in [-0.2, 0) is 14.3 Å². The fourth-order valence-corrected chi connectivity index (χ4v) is 3.77. The average molecular weight is 374 g/mol. The predicted molar refractivity (Wildman–Crippen MR) is 103 cm³/mol. The minimum absolute atomic E-state index is 0.0279. The number of carbonyl (C=O) groups is 2. The van der Waals surface area contributed by atoms with Gasteiger partial charge in [0.15, 0.2) is 6.61 Å². The van der Waals surface area contributed by atoms with Crippen molar-refractivity contribution in [3.05, 3.63) is 29.3 Å². The lowest BCUT2D eigenvalue weighted by Crippen LogP contribution is -2.53. The van der Waals surface area contributed by atoms with Crippen molar-refractivity contribution < 1.29 is 19.1 Å². The molecule has 0 bridgehead atoms. The molecule has 6 heteroatoms. The molecular formula is C21H30N2O4. The summed E-state index contributed by atoms with van der Waals surface area (Å²) in [5.74, 6) is 1.22. The summed E-state index contributed by atoms with van der Waals surface area (Å²) in [6.07, 6.45) is 1.47. The van der Waals surface area contributed by atoms with Crippen molar-refractivity contribution in [2.24, 2.45) is 0 Å². The number of hydrogen-bond donors (Lipinski definition) is 0. The number of amides is 2. The normalized spacial score (nSPS) is 20.2. The summed E-state index contributed by atoms with van der Waals surface area (Å²) < 4.78 is 11.2. The molecule has 2 aliphatic heterocycles. The summed E-state index contributed by atoms with van der Waals surface area (Å²) in [5, 5.41) is 0. The Hall–Kier alpha value is -2.08. The van der Waals surface area contributed by atoms with Gasteiger partial charge in [0.25, 0.3) is 11.8 Å².